The minimum Gasteiger partial charge on any atom is -0.455 e. The molecule has 1 fully saturated rings. The van der Waals surface area contributed by atoms with Crippen molar-refractivity contribution in [3.63, 3.8) is 0 Å². The summed E-state index contributed by atoms with van der Waals surface area (Å²) in [5, 5.41) is 11.3. The monoisotopic (exact) mass is 473 g/mol. The molecule has 166 valence electrons. The molecule has 1 aliphatic rings. The second-order valence-electron chi connectivity index (χ2n) is 7.27. The van der Waals surface area contributed by atoms with Crippen molar-refractivity contribution in [1.29, 1.82) is 0 Å². The summed E-state index contributed by atoms with van der Waals surface area (Å²) in [6, 6.07) is 16.5. The molecule has 1 atom stereocenters. The van der Waals surface area contributed by atoms with Gasteiger partial charge in [0, 0.05) is 53.9 Å². The Morgan fingerprint density at radius 2 is 1.78 bits per heavy atom. The van der Waals surface area contributed by atoms with Gasteiger partial charge < -0.3 is 14.2 Å². The molecule has 32 heavy (non-hydrogen) atoms. The van der Waals surface area contributed by atoms with Crippen LogP contribution in [0.5, 0.6) is 0 Å². The van der Waals surface area contributed by atoms with E-state index in [4.69, 9.17) is 16.0 Å². The Morgan fingerprint density at radius 1 is 1.06 bits per heavy atom. The van der Waals surface area contributed by atoms with E-state index in [2.05, 4.69) is 4.90 Å². The maximum absolute atomic E-state index is 12.8. The second kappa shape index (κ2) is 9.54. The number of rotatable bonds is 6. The predicted molar refractivity (Wildman–Crippen MR) is 121 cm³/mol. The van der Waals surface area contributed by atoms with Crippen LogP contribution in [0, 0.1) is 10.1 Å². The lowest BCUT2D eigenvalue weighted by Gasteiger charge is -2.35. The Kier molecular flexibility index (Phi) is 6.57. The highest BCUT2D eigenvalue weighted by Gasteiger charge is 2.25. The number of nitrogens with zero attached hydrogens (tertiary/aromatic N) is 3. The van der Waals surface area contributed by atoms with Crippen LogP contribution in [0.4, 0.5) is 11.4 Å². The smallest absolute Gasteiger partial charge is 0.289 e. The summed E-state index contributed by atoms with van der Waals surface area (Å²) < 4.78 is 18.2. The molecule has 1 aromatic heterocycles. The number of carbonyl (C=O) groups excluding carboxylic acids is 1. The fourth-order valence-electron chi connectivity index (χ4n) is 3.50. The van der Waals surface area contributed by atoms with Gasteiger partial charge in [-0.2, -0.15) is 0 Å². The molecule has 1 amide bonds. The van der Waals surface area contributed by atoms with Gasteiger partial charge in [0.05, 0.1) is 21.5 Å². The number of halogens is 1. The molecule has 4 rings (SSSR count). The number of hydrogen-bond donors (Lipinski definition) is 0. The van der Waals surface area contributed by atoms with Gasteiger partial charge >= 0.3 is 0 Å². The van der Waals surface area contributed by atoms with Crippen LogP contribution < -0.4 is 4.90 Å². The molecule has 0 unspecified atom stereocenters. The number of amides is 1. The number of piperazine rings is 1. The Bertz CT molecular complexity index is 1160. The van der Waals surface area contributed by atoms with Gasteiger partial charge in [0.15, 0.2) is 5.76 Å². The highest BCUT2D eigenvalue weighted by Crippen LogP contribution is 2.22. The molecule has 10 heteroatoms. The van der Waals surface area contributed by atoms with E-state index >= 15 is 0 Å². The van der Waals surface area contributed by atoms with Crippen molar-refractivity contribution in [2.75, 3.05) is 31.1 Å². The van der Waals surface area contributed by atoms with Crippen LogP contribution in [-0.2, 0) is 16.6 Å². The van der Waals surface area contributed by atoms with E-state index in [-0.39, 0.29) is 23.1 Å². The molecule has 8 nitrogen and oxygen atoms in total. The molecule has 0 N–H and O–H groups in total. The highest BCUT2D eigenvalue weighted by molar-refractivity contribution is 7.84. The molecule has 0 aliphatic carbocycles. The predicted octanol–water partition coefficient (Wildman–Crippen LogP) is 4.11. The molecule has 0 saturated carbocycles. The molecule has 0 bridgehead atoms. The third-order valence-electron chi connectivity index (χ3n) is 5.20. The number of furan rings is 1. The van der Waals surface area contributed by atoms with Crippen molar-refractivity contribution >= 4 is 39.7 Å². The number of nitro benzene ring substituents is 1. The normalized spacial score (nSPS) is 14.9. The summed E-state index contributed by atoms with van der Waals surface area (Å²) >= 11 is 5.95. The van der Waals surface area contributed by atoms with E-state index in [1.165, 1.54) is 12.1 Å². The fourth-order valence-corrected chi connectivity index (χ4v) is 4.82. The Hall–Kier alpha value is -3.17. The van der Waals surface area contributed by atoms with Crippen LogP contribution in [0.15, 0.2) is 70.0 Å². The van der Waals surface area contributed by atoms with E-state index in [0.29, 0.717) is 41.9 Å². The molecule has 2 heterocycles. The number of nitro groups is 1. The van der Waals surface area contributed by atoms with Crippen molar-refractivity contribution in [3.05, 3.63) is 87.3 Å². The van der Waals surface area contributed by atoms with E-state index in [9.17, 15) is 19.1 Å². The second-order valence-corrected chi connectivity index (χ2v) is 9.15. The minimum atomic E-state index is -1.33. The van der Waals surface area contributed by atoms with Gasteiger partial charge in [0.25, 0.3) is 11.6 Å². The van der Waals surface area contributed by atoms with Gasteiger partial charge in [-0.3, -0.25) is 19.1 Å². The van der Waals surface area contributed by atoms with Crippen molar-refractivity contribution in [3.8, 4) is 0 Å². The van der Waals surface area contributed by atoms with Gasteiger partial charge in [-0.25, -0.2) is 0 Å². The quantitative estimate of drug-likeness (QED) is 0.394. The van der Waals surface area contributed by atoms with Gasteiger partial charge in [0.2, 0.25) is 0 Å². The lowest BCUT2D eigenvalue weighted by molar-refractivity contribution is -0.384. The third-order valence-corrected chi connectivity index (χ3v) is 6.76. The molecular formula is C22H20ClN3O5S. The van der Waals surface area contributed by atoms with Crippen molar-refractivity contribution < 1.29 is 18.3 Å². The zero-order chi connectivity index (χ0) is 22.7. The first kappa shape index (κ1) is 22.0. The van der Waals surface area contributed by atoms with Crippen molar-refractivity contribution in [2.45, 2.75) is 10.6 Å². The zero-order valence-corrected chi connectivity index (χ0v) is 18.6. The number of benzene rings is 2. The fraction of sp³-hybridized carbons (Fsp3) is 0.227. The van der Waals surface area contributed by atoms with Crippen LogP contribution >= 0.6 is 11.6 Å². The summed E-state index contributed by atoms with van der Waals surface area (Å²) in [5.74, 6) is 0.623. The number of anilines is 1. The SMILES string of the molecule is O=C(c1ccc(C[S@@](=O)c2cccc(Cl)c2)o1)N1CCN(c2ccc([N+](=O)[O-])cc2)CC1. The summed E-state index contributed by atoms with van der Waals surface area (Å²) in [5.41, 5.74) is 0.930. The number of carbonyl (C=O) groups is 1. The summed E-state index contributed by atoms with van der Waals surface area (Å²) in [4.78, 5) is 27.6. The van der Waals surface area contributed by atoms with Crippen molar-refractivity contribution in [2.24, 2.45) is 0 Å². The molecule has 3 aromatic rings. The highest BCUT2D eigenvalue weighted by atomic mass is 35.5. The first-order valence-corrected chi connectivity index (χ1v) is 11.6. The van der Waals surface area contributed by atoms with Crippen LogP contribution in [0.1, 0.15) is 16.3 Å². The molecule has 0 spiro atoms. The summed E-state index contributed by atoms with van der Waals surface area (Å²) in [6.45, 7) is 2.21. The Labute approximate surface area is 192 Å². The van der Waals surface area contributed by atoms with Gasteiger partial charge in [-0.1, -0.05) is 17.7 Å². The van der Waals surface area contributed by atoms with Crippen molar-refractivity contribution in [1.82, 2.24) is 4.90 Å². The first-order valence-electron chi connectivity index (χ1n) is 9.92. The van der Waals surface area contributed by atoms with Crippen LogP contribution in [0.3, 0.4) is 0 Å². The molecule has 1 saturated heterocycles. The topological polar surface area (TPSA) is 96.9 Å². The van der Waals surface area contributed by atoms with Gasteiger partial charge in [-0.05, 0) is 42.5 Å². The van der Waals surface area contributed by atoms with Crippen LogP contribution in [0.25, 0.3) is 0 Å². The lowest BCUT2D eigenvalue weighted by atomic mass is 10.2. The molecule has 0 radical (unpaired) electrons. The van der Waals surface area contributed by atoms with Crippen LogP contribution in [-0.4, -0.2) is 46.1 Å². The van der Waals surface area contributed by atoms with E-state index < -0.39 is 15.7 Å². The zero-order valence-electron chi connectivity index (χ0n) is 17.0. The molecule has 2 aromatic carbocycles. The van der Waals surface area contributed by atoms with E-state index in [0.717, 1.165) is 5.69 Å². The first-order chi connectivity index (χ1) is 15.4. The number of hydrogen-bond acceptors (Lipinski definition) is 6. The molecular weight excluding hydrogens is 454 g/mol. The van der Waals surface area contributed by atoms with E-state index in [1.54, 1.807) is 53.4 Å². The molecule has 1 aliphatic heterocycles. The summed E-state index contributed by atoms with van der Waals surface area (Å²) in [6.07, 6.45) is 0. The van der Waals surface area contributed by atoms with E-state index in [1.807, 2.05) is 0 Å². The average Bonchev–Trinajstić information content (AvgIpc) is 3.27. The Morgan fingerprint density at radius 3 is 2.44 bits per heavy atom. The standard InChI is InChI=1S/C22H20ClN3O5S/c23-16-2-1-3-20(14-16)32(30)15-19-8-9-21(31-19)22(27)25-12-10-24(11-13-25)17-4-6-18(7-5-17)26(28)29/h1-9,14H,10-13,15H2/t32-/m1/s1. The third kappa shape index (κ3) is 5.00. The minimum absolute atomic E-state index is 0.0486. The maximum atomic E-state index is 12.8. The van der Waals surface area contributed by atoms with Gasteiger partial charge in [-0.15, -0.1) is 0 Å². The summed E-state index contributed by atoms with van der Waals surface area (Å²) in [7, 11) is -1.33. The van der Waals surface area contributed by atoms with Crippen LogP contribution in [0.2, 0.25) is 5.02 Å². The Balaban J connectivity index is 1.34. The van der Waals surface area contributed by atoms with Gasteiger partial charge in [0.1, 0.15) is 5.76 Å². The lowest BCUT2D eigenvalue weighted by Crippen LogP contribution is -2.48. The largest absolute Gasteiger partial charge is 0.455 e. The average molecular weight is 474 g/mol. The maximum Gasteiger partial charge on any atom is 0.289 e. The number of non-ortho nitro benzene ring substituents is 1.